The predicted molar refractivity (Wildman–Crippen MR) is 65.6 cm³/mol. The van der Waals surface area contributed by atoms with Crippen molar-refractivity contribution in [3.05, 3.63) is 35.9 Å². The number of benzene rings is 1. The third-order valence-corrected chi connectivity index (χ3v) is 3.11. The highest BCUT2D eigenvalue weighted by molar-refractivity contribution is 6.00. The van der Waals surface area contributed by atoms with Crippen LogP contribution in [-0.4, -0.2) is 22.1 Å². The van der Waals surface area contributed by atoms with Crippen LogP contribution in [0.5, 0.6) is 0 Å². The zero-order chi connectivity index (χ0) is 14.0. The van der Waals surface area contributed by atoms with Crippen LogP contribution in [0, 0.1) is 5.41 Å². The summed E-state index contributed by atoms with van der Waals surface area (Å²) in [5.74, 6) is -2.31. The number of aliphatic carboxylic acids is 1. The minimum absolute atomic E-state index is 0.283. The molecule has 1 aromatic rings. The van der Waals surface area contributed by atoms with E-state index < -0.39 is 22.9 Å². The lowest BCUT2D eigenvalue weighted by Crippen LogP contribution is -2.46. The minimum atomic E-state index is -1.81. The quantitative estimate of drug-likeness (QED) is 0.675. The van der Waals surface area contributed by atoms with Gasteiger partial charge in [-0.3, -0.25) is 9.59 Å². The molecular formula is C13H17NO4. The molecule has 0 aliphatic heterocycles. The first kappa shape index (κ1) is 14.2. The van der Waals surface area contributed by atoms with Crippen LogP contribution < -0.4 is 5.73 Å². The van der Waals surface area contributed by atoms with E-state index in [0.717, 1.165) is 0 Å². The number of hydrogen-bond acceptors (Lipinski definition) is 3. The summed E-state index contributed by atoms with van der Waals surface area (Å²) in [6.07, 6.45) is -0.283. The van der Waals surface area contributed by atoms with Gasteiger partial charge in [-0.15, -0.1) is 0 Å². The molecule has 2 atom stereocenters. The van der Waals surface area contributed by atoms with Crippen LogP contribution in [-0.2, 0) is 15.2 Å². The number of carboxylic acid groups (broad SMARTS) is 1. The second-order valence-electron chi connectivity index (χ2n) is 4.82. The van der Waals surface area contributed by atoms with Gasteiger partial charge in [-0.2, -0.15) is 0 Å². The molecule has 0 saturated carbocycles. The zero-order valence-electron chi connectivity index (χ0n) is 10.4. The Bertz CT molecular complexity index is 439. The van der Waals surface area contributed by atoms with Gasteiger partial charge in [-0.05, 0) is 19.4 Å². The van der Waals surface area contributed by atoms with Gasteiger partial charge in [0.15, 0.2) is 0 Å². The van der Waals surface area contributed by atoms with Gasteiger partial charge in [-0.25, -0.2) is 0 Å². The minimum Gasteiger partial charge on any atom is -0.480 e. The first-order valence-corrected chi connectivity index (χ1v) is 5.51. The van der Waals surface area contributed by atoms with Gasteiger partial charge in [0, 0.05) is 6.42 Å². The van der Waals surface area contributed by atoms with Crippen molar-refractivity contribution in [3.63, 3.8) is 0 Å². The van der Waals surface area contributed by atoms with E-state index in [2.05, 4.69) is 0 Å². The lowest BCUT2D eigenvalue weighted by molar-refractivity contribution is -0.158. The number of hydrogen-bond donors (Lipinski definition) is 3. The molecule has 0 spiro atoms. The molecular weight excluding hydrogens is 234 g/mol. The lowest BCUT2D eigenvalue weighted by atomic mass is 9.76. The molecule has 1 aromatic carbocycles. The molecule has 0 radical (unpaired) electrons. The van der Waals surface area contributed by atoms with E-state index in [9.17, 15) is 14.7 Å². The molecule has 0 saturated heterocycles. The van der Waals surface area contributed by atoms with E-state index in [1.165, 1.54) is 13.8 Å². The van der Waals surface area contributed by atoms with Crippen molar-refractivity contribution in [2.24, 2.45) is 11.1 Å². The van der Waals surface area contributed by atoms with Crippen molar-refractivity contribution in [1.29, 1.82) is 0 Å². The van der Waals surface area contributed by atoms with E-state index >= 15 is 0 Å². The fourth-order valence-corrected chi connectivity index (χ4v) is 1.86. The second-order valence-corrected chi connectivity index (χ2v) is 4.82. The molecule has 0 heterocycles. The maximum atomic E-state index is 11.3. The highest BCUT2D eigenvalue weighted by atomic mass is 16.4. The van der Waals surface area contributed by atoms with Gasteiger partial charge in [0.2, 0.25) is 5.91 Å². The largest absolute Gasteiger partial charge is 0.480 e. The second kappa shape index (κ2) is 4.78. The molecule has 2 unspecified atom stereocenters. The Labute approximate surface area is 105 Å². The molecule has 0 aliphatic carbocycles. The Morgan fingerprint density at radius 2 is 1.72 bits per heavy atom. The summed E-state index contributed by atoms with van der Waals surface area (Å²) in [5, 5.41) is 19.4. The van der Waals surface area contributed by atoms with Crippen molar-refractivity contribution >= 4 is 11.9 Å². The molecule has 5 nitrogen and oxygen atoms in total. The van der Waals surface area contributed by atoms with Crippen LogP contribution in [0.15, 0.2) is 30.3 Å². The lowest BCUT2D eigenvalue weighted by Gasteiger charge is -2.31. The summed E-state index contributed by atoms with van der Waals surface area (Å²) >= 11 is 0. The molecule has 4 N–H and O–H groups in total. The molecule has 1 amide bonds. The Kier molecular flexibility index (Phi) is 3.76. The number of nitrogens with two attached hydrogens (primary N) is 1. The molecule has 0 aromatic heterocycles. The summed E-state index contributed by atoms with van der Waals surface area (Å²) in [6.45, 7) is 2.68. The van der Waals surface area contributed by atoms with E-state index in [1.54, 1.807) is 30.3 Å². The summed E-state index contributed by atoms with van der Waals surface area (Å²) in [7, 11) is 0. The molecule has 1 rings (SSSR count). The summed E-state index contributed by atoms with van der Waals surface area (Å²) < 4.78 is 0. The van der Waals surface area contributed by atoms with E-state index in [1.807, 2.05) is 0 Å². The third-order valence-electron chi connectivity index (χ3n) is 3.11. The normalized spacial score (nSPS) is 17.5. The van der Waals surface area contributed by atoms with Crippen LogP contribution in [0.4, 0.5) is 0 Å². The summed E-state index contributed by atoms with van der Waals surface area (Å²) in [4.78, 5) is 22.5. The molecule has 0 aliphatic rings. The number of rotatable bonds is 5. The van der Waals surface area contributed by atoms with Gasteiger partial charge in [0.25, 0.3) is 0 Å². The van der Waals surface area contributed by atoms with Crippen LogP contribution in [0.2, 0.25) is 0 Å². The van der Waals surface area contributed by atoms with Crippen LogP contribution in [0.25, 0.3) is 0 Å². The number of carboxylic acids is 1. The Morgan fingerprint density at radius 3 is 2.11 bits per heavy atom. The van der Waals surface area contributed by atoms with Gasteiger partial charge < -0.3 is 15.9 Å². The molecule has 18 heavy (non-hydrogen) atoms. The molecule has 0 fully saturated rings. The molecule has 98 valence electrons. The smallest absolute Gasteiger partial charge is 0.319 e. The van der Waals surface area contributed by atoms with Crippen molar-refractivity contribution in [2.75, 3.05) is 0 Å². The SMILES string of the molecule is CC(CC(C)(O)c1ccccc1)(C(N)=O)C(=O)O. The van der Waals surface area contributed by atoms with Gasteiger partial charge in [0.1, 0.15) is 5.41 Å². The zero-order valence-corrected chi connectivity index (χ0v) is 10.4. The van der Waals surface area contributed by atoms with Crippen LogP contribution in [0.1, 0.15) is 25.8 Å². The summed E-state index contributed by atoms with van der Waals surface area (Å²) in [6, 6.07) is 8.58. The van der Waals surface area contributed by atoms with Crippen LogP contribution in [0.3, 0.4) is 0 Å². The monoisotopic (exact) mass is 251 g/mol. The first-order chi connectivity index (χ1) is 8.20. The van der Waals surface area contributed by atoms with Crippen molar-refractivity contribution in [2.45, 2.75) is 25.9 Å². The maximum Gasteiger partial charge on any atom is 0.319 e. The maximum absolute atomic E-state index is 11.3. The Hall–Kier alpha value is -1.88. The number of aliphatic hydroxyl groups is 1. The topological polar surface area (TPSA) is 101 Å². The first-order valence-electron chi connectivity index (χ1n) is 5.51. The van der Waals surface area contributed by atoms with Gasteiger partial charge in [-0.1, -0.05) is 30.3 Å². The number of amides is 1. The van der Waals surface area contributed by atoms with Crippen molar-refractivity contribution in [1.82, 2.24) is 0 Å². The predicted octanol–water partition coefficient (Wildman–Crippen LogP) is 0.860. The third kappa shape index (κ3) is 2.68. The van der Waals surface area contributed by atoms with Crippen molar-refractivity contribution < 1.29 is 19.8 Å². The van der Waals surface area contributed by atoms with E-state index in [0.29, 0.717) is 5.56 Å². The fourth-order valence-electron chi connectivity index (χ4n) is 1.86. The standard InChI is InChI=1S/C13H17NO4/c1-12(10(14)15,11(16)17)8-13(2,18)9-6-4-3-5-7-9/h3-7,18H,8H2,1-2H3,(H2,14,15)(H,16,17). The van der Waals surface area contributed by atoms with E-state index in [-0.39, 0.29) is 6.42 Å². The Morgan fingerprint density at radius 1 is 1.22 bits per heavy atom. The average Bonchev–Trinajstić information content (AvgIpc) is 2.29. The highest BCUT2D eigenvalue weighted by Gasteiger charge is 2.45. The van der Waals surface area contributed by atoms with E-state index in [4.69, 9.17) is 10.8 Å². The van der Waals surface area contributed by atoms with Crippen LogP contribution >= 0.6 is 0 Å². The van der Waals surface area contributed by atoms with Crippen molar-refractivity contribution in [3.8, 4) is 0 Å². The Balaban J connectivity index is 3.08. The fraction of sp³-hybridized carbons (Fsp3) is 0.385. The molecule has 0 bridgehead atoms. The average molecular weight is 251 g/mol. The van der Waals surface area contributed by atoms with Gasteiger partial charge >= 0.3 is 5.97 Å². The molecule has 5 heteroatoms. The number of primary amides is 1. The van der Waals surface area contributed by atoms with Gasteiger partial charge in [0.05, 0.1) is 5.60 Å². The number of carbonyl (C=O) groups is 2. The highest BCUT2D eigenvalue weighted by Crippen LogP contribution is 2.35. The summed E-state index contributed by atoms with van der Waals surface area (Å²) in [5.41, 5.74) is 2.42. The number of carbonyl (C=O) groups excluding carboxylic acids is 1.